The minimum absolute atomic E-state index is 0.744. The maximum absolute atomic E-state index is 6.02. The smallest absolute Gasteiger partial charge is 0.123 e. The van der Waals surface area contributed by atoms with Gasteiger partial charge in [-0.25, -0.2) is 0 Å². The molecule has 0 saturated heterocycles. The molecule has 18 heavy (non-hydrogen) atoms. The van der Waals surface area contributed by atoms with Crippen molar-refractivity contribution < 1.29 is 4.74 Å². The first kappa shape index (κ1) is 15.3. The third-order valence-corrected chi connectivity index (χ3v) is 2.82. The van der Waals surface area contributed by atoms with E-state index >= 15 is 0 Å². The molecule has 0 aliphatic carbocycles. The van der Waals surface area contributed by atoms with Gasteiger partial charge in [0.05, 0.1) is 6.61 Å². The van der Waals surface area contributed by atoms with Gasteiger partial charge in [0, 0.05) is 17.1 Å². The van der Waals surface area contributed by atoms with Crippen molar-refractivity contribution in [1.82, 2.24) is 10.6 Å². The topological polar surface area (TPSA) is 33.3 Å². The van der Waals surface area contributed by atoms with Gasteiger partial charge in [-0.1, -0.05) is 18.5 Å². The number of ether oxygens (including phenoxy) is 1. The largest absolute Gasteiger partial charge is 0.493 e. The summed E-state index contributed by atoms with van der Waals surface area (Å²) in [5.74, 6) is 0.933. The van der Waals surface area contributed by atoms with Crippen LogP contribution in [-0.4, -0.2) is 26.7 Å². The van der Waals surface area contributed by atoms with E-state index in [9.17, 15) is 0 Å². The van der Waals surface area contributed by atoms with E-state index in [4.69, 9.17) is 16.3 Å². The van der Waals surface area contributed by atoms with Crippen LogP contribution in [-0.2, 0) is 6.54 Å². The molecule has 0 aliphatic rings. The second-order valence-corrected chi connectivity index (χ2v) is 4.67. The van der Waals surface area contributed by atoms with Crippen molar-refractivity contribution in [2.75, 3.05) is 26.7 Å². The van der Waals surface area contributed by atoms with Gasteiger partial charge in [0.1, 0.15) is 5.75 Å². The summed E-state index contributed by atoms with van der Waals surface area (Å²) in [6.45, 7) is 5.66. The first-order valence-corrected chi connectivity index (χ1v) is 6.92. The van der Waals surface area contributed by atoms with Crippen molar-refractivity contribution in [3.8, 4) is 5.75 Å². The van der Waals surface area contributed by atoms with Crippen LogP contribution in [0.2, 0.25) is 5.02 Å². The number of halogens is 1. The second kappa shape index (κ2) is 9.20. The molecular weight excluding hydrogens is 248 g/mol. The minimum Gasteiger partial charge on any atom is -0.493 e. The van der Waals surface area contributed by atoms with E-state index in [2.05, 4.69) is 17.6 Å². The van der Waals surface area contributed by atoms with E-state index in [0.717, 1.165) is 55.4 Å². The van der Waals surface area contributed by atoms with Crippen LogP contribution in [0.4, 0.5) is 0 Å². The molecular formula is C14H23ClN2O. The van der Waals surface area contributed by atoms with Gasteiger partial charge in [-0.3, -0.25) is 0 Å². The zero-order chi connectivity index (χ0) is 13.2. The standard InChI is InChI=1S/C14H23ClN2O/c1-3-9-18-14-6-5-13(15)10-12(14)11-17-8-4-7-16-2/h5-6,10,16-17H,3-4,7-9,11H2,1-2H3. The third-order valence-electron chi connectivity index (χ3n) is 2.58. The Hall–Kier alpha value is -0.770. The average Bonchev–Trinajstić information content (AvgIpc) is 2.37. The molecule has 0 aliphatic heterocycles. The van der Waals surface area contributed by atoms with Gasteiger partial charge in [0.15, 0.2) is 0 Å². The Morgan fingerprint density at radius 2 is 2.11 bits per heavy atom. The molecule has 0 aromatic heterocycles. The van der Waals surface area contributed by atoms with Crippen LogP contribution in [0, 0.1) is 0 Å². The summed E-state index contributed by atoms with van der Waals surface area (Å²) < 4.78 is 5.71. The fourth-order valence-corrected chi connectivity index (χ4v) is 1.85. The first-order chi connectivity index (χ1) is 8.77. The molecule has 4 heteroatoms. The maximum atomic E-state index is 6.02. The van der Waals surface area contributed by atoms with Crippen molar-refractivity contribution in [3.05, 3.63) is 28.8 Å². The summed E-state index contributed by atoms with van der Waals surface area (Å²) in [5, 5.41) is 7.29. The fourth-order valence-electron chi connectivity index (χ4n) is 1.65. The van der Waals surface area contributed by atoms with Gasteiger partial charge in [-0.2, -0.15) is 0 Å². The van der Waals surface area contributed by atoms with Crippen LogP contribution >= 0.6 is 11.6 Å². The highest BCUT2D eigenvalue weighted by molar-refractivity contribution is 6.30. The summed E-state index contributed by atoms with van der Waals surface area (Å²) in [6, 6.07) is 5.79. The van der Waals surface area contributed by atoms with Crippen LogP contribution in [0.15, 0.2) is 18.2 Å². The molecule has 0 spiro atoms. The monoisotopic (exact) mass is 270 g/mol. The lowest BCUT2D eigenvalue weighted by molar-refractivity contribution is 0.313. The van der Waals surface area contributed by atoms with Gasteiger partial charge < -0.3 is 15.4 Å². The van der Waals surface area contributed by atoms with Crippen molar-refractivity contribution in [2.24, 2.45) is 0 Å². The van der Waals surface area contributed by atoms with Crippen molar-refractivity contribution in [3.63, 3.8) is 0 Å². The highest BCUT2D eigenvalue weighted by atomic mass is 35.5. The Kier molecular flexibility index (Phi) is 7.81. The van der Waals surface area contributed by atoms with Gasteiger partial charge in [0.25, 0.3) is 0 Å². The molecule has 0 atom stereocenters. The predicted octanol–water partition coefficient (Wildman–Crippen LogP) is 2.83. The maximum Gasteiger partial charge on any atom is 0.123 e. The Bertz CT molecular complexity index is 345. The zero-order valence-electron chi connectivity index (χ0n) is 11.3. The molecule has 1 rings (SSSR count). The summed E-state index contributed by atoms with van der Waals surface area (Å²) in [6.07, 6.45) is 2.12. The molecule has 0 radical (unpaired) electrons. The lowest BCUT2D eigenvalue weighted by Crippen LogP contribution is -2.19. The number of hydrogen-bond acceptors (Lipinski definition) is 3. The van der Waals surface area contributed by atoms with Crippen molar-refractivity contribution >= 4 is 11.6 Å². The van der Waals surface area contributed by atoms with Crippen LogP contribution in [0.25, 0.3) is 0 Å². The van der Waals surface area contributed by atoms with Crippen molar-refractivity contribution in [1.29, 1.82) is 0 Å². The quantitative estimate of drug-likeness (QED) is 0.677. The molecule has 0 bridgehead atoms. The van der Waals surface area contributed by atoms with Gasteiger partial charge in [-0.15, -0.1) is 0 Å². The zero-order valence-corrected chi connectivity index (χ0v) is 12.0. The molecule has 1 aromatic rings. The highest BCUT2D eigenvalue weighted by Crippen LogP contribution is 2.23. The first-order valence-electron chi connectivity index (χ1n) is 6.54. The Morgan fingerprint density at radius 1 is 1.28 bits per heavy atom. The normalized spacial score (nSPS) is 10.6. The lowest BCUT2D eigenvalue weighted by atomic mass is 10.2. The van der Waals surface area contributed by atoms with Crippen molar-refractivity contribution in [2.45, 2.75) is 26.3 Å². The number of benzene rings is 1. The van der Waals surface area contributed by atoms with Crippen LogP contribution in [0.5, 0.6) is 5.75 Å². The van der Waals surface area contributed by atoms with E-state index in [1.807, 2.05) is 25.2 Å². The molecule has 0 unspecified atom stereocenters. The minimum atomic E-state index is 0.744. The van der Waals surface area contributed by atoms with Crippen LogP contribution in [0.1, 0.15) is 25.3 Å². The van der Waals surface area contributed by atoms with E-state index in [0.29, 0.717) is 0 Å². The molecule has 0 fully saturated rings. The third kappa shape index (κ3) is 5.71. The highest BCUT2D eigenvalue weighted by Gasteiger charge is 2.04. The molecule has 0 saturated carbocycles. The lowest BCUT2D eigenvalue weighted by Gasteiger charge is -2.12. The Balaban J connectivity index is 2.47. The van der Waals surface area contributed by atoms with Gasteiger partial charge >= 0.3 is 0 Å². The van der Waals surface area contributed by atoms with E-state index in [-0.39, 0.29) is 0 Å². The van der Waals surface area contributed by atoms with E-state index in [1.165, 1.54) is 0 Å². The molecule has 0 amide bonds. The predicted molar refractivity (Wildman–Crippen MR) is 77.5 cm³/mol. The Morgan fingerprint density at radius 3 is 2.83 bits per heavy atom. The van der Waals surface area contributed by atoms with Gasteiger partial charge in [0.2, 0.25) is 0 Å². The molecule has 1 aromatic carbocycles. The fraction of sp³-hybridized carbons (Fsp3) is 0.571. The number of rotatable bonds is 9. The Labute approximate surface area is 115 Å². The summed E-state index contributed by atoms with van der Waals surface area (Å²) in [7, 11) is 1.97. The van der Waals surface area contributed by atoms with Gasteiger partial charge in [-0.05, 0) is 51.2 Å². The van der Waals surface area contributed by atoms with Crippen LogP contribution in [0.3, 0.4) is 0 Å². The van der Waals surface area contributed by atoms with E-state index < -0.39 is 0 Å². The number of hydrogen-bond donors (Lipinski definition) is 2. The van der Waals surface area contributed by atoms with E-state index in [1.54, 1.807) is 0 Å². The van der Waals surface area contributed by atoms with Crippen LogP contribution < -0.4 is 15.4 Å². The molecule has 0 heterocycles. The molecule has 2 N–H and O–H groups in total. The average molecular weight is 271 g/mol. The molecule has 102 valence electrons. The summed E-state index contributed by atoms with van der Waals surface area (Å²) in [5.41, 5.74) is 1.13. The summed E-state index contributed by atoms with van der Waals surface area (Å²) in [4.78, 5) is 0. The number of nitrogens with one attached hydrogen (secondary N) is 2. The summed E-state index contributed by atoms with van der Waals surface area (Å²) >= 11 is 6.02. The SMILES string of the molecule is CCCOc1ccc(Cl)cc1CNCCCNC. The second-order valence-electron chi connectivity index (χ2n) is 4.23. The molecule has 3 nitrogen and oxygen atoms in total.